The summed E-state index contributed by atoms with van der Waals surface area (Å²) < 4.78 is 0. The molecular formula is C16H26N2O. The molecule has 0 aromatic heterocycles. The second-order valence-corrected chi connectivity index (χ2v) is 4.54. The van der Waals surface area contributed by atoms with Gasteiger partial charge in [-0.2, -0.15) is 0 Å². The zero-order chi connectivity index (χ0) is 14.3. The van der Waals surface area contributed by atoms with Crippen LogP contribution in [-0.4, -0.2) is 41.9 Å². The molecule has 0 radical (unpaired) electrons. The average Bonchev–Trinajstić information content (AvgIpc) is 2.46. The topological polar surface area (TPSA) is 23.6 Å². The minimum atomic E-state index is -0.156. The van der Waals surface area contributed by atoms with Gasteiger partial charge in [0, 0.05) is 13.1 Å². The van der Waals surface area contributed by atoms with Crippen LogP contribution in [-0.2, 0) is 4.79 Å². The Morgan fingerprint density at radius 2 is 1.47 bits per heavy atom. The molecule has 1 unspecified atom stereocenters. The highest BCUT2D eigenvalue weighted by Crippen LogP contribution is 2.22. The SMILES string of the molecule is CCN(CC)C(=O)C(c1ccccc1)N(CC)CC. The number of hydrogen-bond acceptors (Lipinski definition) is 2. The summed E-state index contributed by atoms with van der Waals surface area (Å²) in [5.41, 5.74) is 1.09. The molecule has 3 nitrogen and oxygen atoms in total. The third-order valence-electron chi connectivity index (χ3n) is 3.60. The van der Waals surface area contributed by atoms with E-state index in [-0.39, 0.29) is 11.9 Å². The van der Waals surface area contributed by atoms with Gasteiger partial charge in [0.25, 0.3) is 0 Å². The smallest absolute Gasteiger partial charge is 0.244 e. The van der Waals surface area contributed by atoms with Crippen LogP contribution >= 0.6 is 0 Å². The summed E-state index contributed by atoms with van der Waals surface area (Å²) in [7, 11) is 0. The van der Waals surface area contributed by atoms with E-state index in [4.69, 9.17) is 0 Å². The molecule has 0 N–H and O–H groups in total. The molecule has 0 fully saturated rings. The van der Waals surface area contributed by atoms with Gasteiger partial charge < -0.3 is 4.90 Å². The number of carbonyl (C=O) groups is 1. The largest absolute Gasteiger partial charge is 0.342 e. The van der Waals surface area contributed by atoms with Gasteiger partial charge in [-0.3, -0.25) is 9.69 Å². The van der Waals surface area contributed by atoms with E-state index in [1.807, 2.05) is 49.1 Å². The summed E-state index contributed by atoms with van der Waals surface area (Å²) in [5, 5.41) is 0. The van der Waals surface area contributed by atoms with Crippen molar-refractivity contribution in [3.8, 4) is 0 Å². The summed E-state index contributed by atoms with van der Waals surface area (Å²) in [6.45, 7) is 11.6. The fourth-order valence-electron chi connectivity index (χ4n) is 2.44. The molecule has 19 heavy (non-hydrogen) atoms. The fourth-order valence-corrected chi connectivity index (χ4v) is 2.44. The summed E-state index contributed by atoms with van der Waals surface area (Å²) >= 11 is 0. The lowest BCUT2D eigenvalue weighted by Crippen LogP contribution is -2.43. The molecule has 106 valence electrons. The van der Waals surface area contributed by atoms with Crippen LogP contribution in [0.25, 0.3) is 0 Å². The highest BCUT2D eigenvalue weighted by atomic mass is 16.2. The molecule has 0 aliphatic rings. The standard InChI is InChI=1S/C16H26N2O/c1-5-17(6-2)15(14-12-10-9-11-13-14)16(19)18(7-3)8-4/h9-13,15H,5-8H2,1-4H3. The molecule has 1 aromatic rings. The van der Waals surface area contributed by atoms with Gasteiger partial charge >= 0.3 is 0 Å². The van der Waals surface area contributed by atoms with Gasteiger partial charge in [0.1, 0.15) is 6.04 Å². The molecule has 0 spiro atoms. The Morgan fingerprint density at radius 1 is 0.947 bits per heavy atom. The van der Waals surface area contributed by atoms with Crippen LogP contribution in [0.1, 0.15) is 39.3 Å². The maximum Gasteiger partial charge on any atom is 0.244 e. The summed E-state index contributed by atoms with van der Waals surface area (Å²) in [6, 6.07) is 9.93. The number of nitrogens with zero attached hydrogens (tertiary/aromatic N) is 2. The van der Waals surface area contributed by atoms with Gasteiger partial charge in [0.2, 0.25) is 5.91 Å². The number of hydrogen-bond donors (Lipinski definition) is 0. The van der Waals surface area contributed by atoms with Crippen molar-refractivity contribution in [2.75, 3.05) is 26.2 Å². The molecule has 0 aliphatic heterocycles. The van der Waals surface area contributed by atoms with Crippen molar-refractivity contribution in [3.63, 3.8) is 0 Å². The van der Waals surface area contributed by atoms with E-state index in [2.05, 4.69) is 18.7 Å². The molecule has 1 amide bonds. The lowest BCUT2D eigenvalue weighted by atomic mass is 10.0. The van der Waals surface area contributed by atoms with Gasteiger partial charge in [-0.25, -0.2) is 0 Å². The van der Waals surface area contributed by atoms with Crippen LogP contribution < -0.4 is 0 Å². The lowest BCUT2D eigenvalue weighted by Gasteiger charge is -2.33. The molecule has 0 bridgehead atoms. The monoisotopic (exact) mass is 262 g/mol. The molecule has 0 saturated heterocycles. The molecule has 0 aliphatic carbocycles. The predicted molar refractivity (Wildman–Crippen MR) is 80.0 cm³/mol. The second kappa shape index (κ2) is 7.95. The Labute approximate surface area is 117 Å². The van der Waals surface area contributed by atoms with Gasteiger partial charge in [-0.05, 0) is 32.5 Å². The fraction of sp³-hybridized carbons (Fsp3) is 0.562. The van der Waals surface area contributed by atoms with Crippen molar-refractivity contribution >= 4 is 5.91 Å². The first-order valence-corrected chi connectivity index (χ1v) is 7.27. The summed E-state index contributed by atoms with van der Waals surface area (Å²) in [4.78, 5) is 16.9. The van der Waals surface area contributed by atoms with E-state index in [0.29, 0.717) is 0 Å². The molecule has 3 heteroatoms. The number of benzene rings is 1. The van der Waals surface area contributed by atoms with Crippen molar-refractivity contribution in [2.24, 2.45) is 0 Å². The van der Waals surface area contributed by atoms with Gasteiger partial charge in [0.15, 0.2) is 0 Å². The van der Waals surface area contributed by atoms with Crippen LogP contribution in [0.3, 0.4) is 0 Å². The molecule has 1 atom stereocenters. The highest BCUT2D eigenvalue weighted by molar-refractivity contribution is 5.83. The van der Waals surface area contributed by atoms with Gasteiger partial charge in [-0.1, -0.05) is 44.2 Å². The first-order valence-electron chi connectivity index (χ1n) is 7.27. The zero-order valence-corrected chi connectivity index (χ0v) is 12.6. The van der Waals surface area contributed by atoms with Crippen molar-refractivity contribution in [1.29, 1.82) is 0 Å². The first kappa shape index (κ1) is 15.7. The second-order valence-electron chi connectivity index (χ2n) is 4.54. The maximum absolute atomic E-state index is 12.7. The molecule has 1 rings (SSSR count). The van der Waals surface area contributed by atoms with E-state index in [9.17, 15) is 4.79 Å². The highest BCUT2D eigenvalue weighted by Gasteiger charge is 2.28. The van der Waals surface area contributed by atoms with Crippen molar-refractivity contribution in [2.45, 2.75) is 33.7 Å². The quantitative estimate of drug-likeness (QED) is 0.754. The summed E-state index contributed by atoms with van der Waals surface area (Å²) in [6.07, 6.45) is 0. The predicted octanol–water partition coefficient (Wildman–Crippen LogP) is 2.94. The van der Waals surface area contributed by atoms with E-state index < -0.39 is 0 Å². The van der Waals surface area contributed by atoms with Crippen LogP contribution in [0, 0.1) is 0 Å². The number of likely N-dealkylation sites (N-methyl/N-ethyl adjacent to an activating group) is 2. The summed E-state index contributed by atoms with van der Waals surface area (Å²) in [5.74, 6) is 0.208. The van der Waals surface area contributed by atoms with Crippen LogP contribution in [0.4, 0.5) is 0 Å². The Balaban J connectivity index is 3.09. The molecule has 1 aromatic carbocycles. The van der Waals surface area contributed by atoms with Crippen molar-refractivity contribution in [1.82, 2.24) is 9.80 Å². The normalized spacial score (nSPS) is 12.5. The van der Waals surface area contributed by atoms with Crippen molar-refractivity contribution < 1.29 is 4.79 Å². The molecular weight excluding hydrogens is 236 g/mol. The number of amides is 1. The Hall–Kier alpha value is -1.35. The lowest BCUT2D eigenvalue weighted by molar-refractivity contribution is -0.136. The van der Waals surface area contributed by atoms with Crippen LogP contribution in [0.5, 0.6) is 0 Å². The Kier molecular flexibility index (Phi) is 6.57. The minimum Gasteiger partial charge on any atom is -0.342 e. The molecule has 0 saturated carbocycles. The molecule has 0 heterocycles. The van der Waals surface area contributed by atoms with E-state index in [1.165, 1.54) is 0 Å². The van der Waals surface area contributed by atoms with Gasteiger partial charge in [-0.15, -0.1) is 0 Å². The Bertz CT molecular complexity index is 370. The van der Waals surface area contributed by atoms with Crippen LogP contribution in [0.2, 0.25) is 0 Å². The van der Waals surface area contributed by atoms with Gasteiger partial charge in [0.05, 0.1) is 0 Å². The average molecular weight is 262 g/mol. The number of carbonyl (C=O) groups excluding carboxylic acids is 1. The Morgan fingerprint density at radius 3 is 1.89 bits per heavy atom. The maximum atomic E-state index is 12.7. The third-order valence-corrected chi connectivity index (χ3v) is 3.60. The third kappa shape index (κ3) is 3.80. The van der Waals surface area contributed by atoms with E-state index in [0.717, 1.165) is 31.7 Å². The van der Waals surface area contributed by atoms with Crippen molar-refractivity contribution in [3.05, 3.63) is 35.9 Å². The van der Waals surface area contributed by atoms with Crippen LogP contribution in [0.15, 0.2) is 30.3 Å². The van der Waals surface area contributed by atoms with E-state index >= 15 is 0 Å². The minimum absolute atomic E-state index is 0.156. The number of rotatable bonds is 7. The zero-order valence-electron chi connectivity index (χ0n) is 12.6. The first-order chi connectivity index (χ1) is 9.19. The van der Waals surface area contributed by atoms with E-state index in [1.54, 1.807) is 0 Å².